The standard InChI is InChI=1S/C18H29N3O3S/c1-5-14-8-7-9-15(6-2)17(14)19-18(22)16-10-12-21(13-11-16)25(23,24)20(3)4/h7-9,16H,5-6,10-13H2,1-4H3,(H,19,22). The third-order valence-corrected chi connectivity index (χ3v) is 6.80. The van der Waals surface area contributed by atoms with Gasteiger partial charge in [0.1, 0.15) is 0 Å². The molecular weight excluding hydrogens is 338 g/mol. The SMILES string of the molecule is CCc1cccc(CC)c1NC(=O)C1CCN(S(=O)(=O)N(C)C)CC1. The second kappa shape index (κ2) is 8.29. The Morgan fingerprint density at radius 2 is 1.68 bits per heavy atom. The fourth-order valence-electron chi connectivity index (χ4n) is 3.21. The summed E-state index contributed by atoms with van der Waals surface area (Å²) in [5, 5.41) is 3.11. The van der Waals surface area contributed by atoms with Crippen LogP contribution < -0.4 is 5.32 Å². The third kappa shape index (κ3) is 4.40. The summed E-state index contributed by atoms with van der Waals surface area (Å²) in [5.74, 6) is -0.152. The number of carbonyl (C=O) groups is 1. The van der Waals surface area contributed by atoms with E-state index in [1.807, 2.05) is 18.2 Å². The van der Waals surface area contributed by atoms with Gasteiger partial charge in [-0.3, -0.25) is 4.79 Å². The molecule has 0 saturated carbocycles. The van der Waals surface area contributed by atoms with Gasteiger partial charge in [-0.05, 0) is 36.8 Å². The first-order valence-corrected chi connectivity index (χ1v) is 10.3. The summed E-state index contributed by atoms with van der Waals surface area (Å²) >= 11 is 0. The van der Waals surface area contributed by atoms with E-state index in [1.54, 1.807) is 0 Å². The molecule has 6 nitrogen and oxygen atoms in total. The molecule has 25 heavy (non-hydrogen) atoms. The molecule has 1 aromatic rings. The van der Waals surface area contributed by atoms with E-state index in [9.17, 15) is 13.2 Å². The van der Waals surface area contributed by atoms with Crippen LogP contribution in [0.4, 0.5) is 5.69 Å². The fourth-order valence-corrected chi connectivity index (χ4v) is 4.34. The number of para-hydroxylation sites is 1. The molecular formula is C18H29N3O3S. The van der Waals surface area contributed by atoms with Crippen LogP contribution in [0.15, 0.2) is 18.2 Å². The minimum Gasteiger partial charge on any atom is -0.325 e. The molecule has 0 aliphatic carbocycles. The molecule has 0 unspecified atom stereocenters. The Balaban J connectivity index is 2.05. The van der Waals surface area contributed by atoms with Crippen LogP contribution in [0.3, 0.4) is 0 Å². The van der Waals surface area contributed by atoms with Crippen molar-refractivity contribution in [3.05, 3.63) is 29.3 Å². The molecule has 1 aliphatic rings. The third-order valence-electron chi connectivity index (χ3n) is 4.86. The number of hydrogen-bond donors (Lipinski definition) is 1. The molecule has 0 bridgehead atoms. The van der Waals surface area contributed by atoms with Gasteiger partial charge in [0.2, 0.25) is 5.91 Å². The zero-order valence-corrected chi connectivity index (χ0v) is 16.4. The lowest BCUT2D eigenvalue weighted by atomic mass is 9.96. The van der Waals surface area contributed by atoms with Gasteiger partial charge in [-0.25, -0.2) is 0 Å². The minimum absolute atomic E-state index is 0.00231. The molecule has 0 aromatic heterocycles. The van der Waals surface area contributed by atoms with Crippen molar-refractivity contribution in [2.24, 2.45) is 5.92 Å². The van der Waals surface area contributed by atoms with Gasteiger partial charge in [0, 0.05) is 38.8 Å². The molecule has 1 amide bonds. The molecule has 0 radical (unpaired) electrons. The quantitative estimate of drug-likeness (QED) is 0.838. The van der Waals surface area contributed by atoms with Crippen LogP contribution in [0, 0.1) is 5.92 Å². The molecule has 1 N–H and O–H groups in total. The van der Waals surface area contributed by atoms with Crippen LogP contribution in [-0.4, -0.2) is 50.1 Å². The maximum absolute atomic E-state index is 12.7. The number of benzene rings is 1. The largest absolute Gasteiger partial charge is 0.325 e. The first kappa shape index (κ1) is 19.9. The minimum atomic E-state index is -3.39. The maximum atomic E-state index is 12.7. The van der Waals surface area contributed by atoms with Crippen molar-refractivity contribution in [1.82, 2.24) is 8.61 Å². The van der Waals surface area contributed by atoms with Crippen LogP contribution >= 0.6 is 0 Å². The van der Waals surface area contributed by atoms with Crippen LogP contribution in [0.25, 0.3) is 0 Å². The molecule has 1 saturated heterocycles. The van der Waals surface area contributed by atoms with Gasteiger partial charge < -0.3 is 5.32 Å². The highest BCUT2D eigenvalue weighted by Crippen LogP contribution is 2.26. The van der Waals surface area contributed by atoms with Gasteiger partial charge in [-0.2, -0.15) is 17.0 Å². The summed E-state index contributed by atoms with van der Waals surface area (Å²) in [6.07, 6.45) is 2.83. The summed E-state index contributed by atoms with van der Waals surface area (Å²) in [6.45, 7) is 4.92. The summed E-state index contributed by atoms with van der Waals surface area (Å²) in [4.78, 5) is 12.7. The van der Waals surface area contributed by atoms with E-state index in [1.165, 1.54) is 22.7 Å². The molecule has 1 heterocycles. The molecule has 1 fully saturated rings. The van der Waals surface area contributed by atoms with Gasteiger partial charge in [-0.1, -0.05) is 32.0 Å². The van der Waals surface area contributed by atoms with Gasteiger partial charge >= 0.3 is 0 Å². The van der Waals surface area contributed by atoms with E-state index >= 15 is 0 Å². The lowest BCUT2D eigenvalue weighted by Crippen LogP contribution is -2.46. The van der Waals surface area contributed by atoms with Gasteiger partial charge in [0.05, 0.1) is 0 Å². The normalized spacial score (nSPS) is 17.0. The lowest BCUT2D eigenvalue weighted by Gasteiger charge is -2.32. The van der Waals surface area contributed by atoms with Crippen LogP contribution in [0.2, 0.25) is 0 Å². The monoisotopic (exact) mass is 367 g/mol. The summed E-state index contributed by atoms with van der Waals surface area (Å²) in [7, 11) is -0.335. The van der Waals surface area contributed by atoms with Crippen molar-refractivity contribution < 1.29 is 13.2 Å². The van der Waals surface area contributed by atoms with Crippen molar-refractivity contribution in [3.8, 4) is 0 Å². The molecule has 140 valence electrons. The highest BCUT2D eigenvalue weighted by molar-refractivity contribution is 7.86. The predicted octanol–water partition coefficient (Wildman–Crippen LogP) is 2.27. The van der Waals surface area contributed by atoms with Gasteiger partial charge in [-0.15, -0.1) is 0 Å². The molecule has 0 atom stereocenters. The number of aryl methyl sites for hydroxylation is 2. The Kier molecular flexibility index (Phi) is 6.59. The number of hydrogen-bond acceptors (Lipinski definition) is 3. The zero-order valence-electron chi connectivity index (χ0n) is 15.6. The average Bonchev–Trinajstić information content (AvgIpc) is 2.61. The lowest BCUT2D eigenvalue weighted by molar-refractivity contribution is -0.120. The summed E-state index contributed by atoms with van der Waals surface area (Å²) in [5.41, 5.74) is 3.21. The second-order valence-corrected chi connectivity index (χ2v) is 8.75. The topological polar surface area (TPSA) is 69.7 Å². The van der Waals surface area contributed by atoms with Crippen molar-refractivity contribution in [3.63, 3.8) is 0 Å². The van der Waals surface area contributed by atoms with Crippen LogP contribution in [0.1, 0.15) is 37.8 Å². The maximum Gasteiger partial charge on any atom is 0.281 e. The Bertz CT molecular complexity index is 686. The number of amides is 1. The van der Waals surface area contributed by atoms with Crippen LogP contribution in [0.5, 0.6) is 0 Å². The van der Waals surface area contributed by atoms with E-state index in [0.717, 1.165) is 29.7 Å². The zero-order chi connectivity index (χ0) is 18.6. The highest BCUT2D eigenvalue weighted by Gasteiger charge is 2.32. The molecule has 0 spiro atoms. The smallest absolute Gasteiger partial charge is 0.281 e. The number of carbonyl (C=O) groups excluding carboxylic acids is 1. The Morgan fingerprint density at radius 1 is 1.16 bits per heavy atom. The molecule has 1 aliphatic heterocycles. The number of nitrogens with one attached hydrogen (secondary N) is 1. The molecule has 2 rings (SSSR count). The average molecular weight is 368 g/mol. The Labute approximate surface area is 151 Å². The second-order valence-electron chi connectivity index (χ2n) is 6.61. The van der Waals surface area contributed by atoms with Gasteiger partial charge in [0.15, 0.2) is 0 Å². The van der Waals surface area contributed by atoms with Crippen molar-refractivity contribution in [2.75, 3.05) is 32.5 Å². The predicted molar refractivity (Wildman–Crippen MR) is 101 cm³/mol. The van der Waals surface area contributed by atoms with Crippen molar-refractivity contribution in [1.29, 1.82) is 0 Å². The van der Waals surface area contributed by atoms with Crippen molar-refractivity contribution in [2.45, 2.75) is 39.5 Å². The first-order chi connectivity index (χ1) is 11.8. The molecule has 1 aromatic carbocycles. The van der Waals surface area contributed by atoms with E-state index in [2.05, 4.69) is 19.2 Å². The van der Waals surface area contributed by atoms with Crippen LogP contribution in [-0.2, 0) is 27.8 Å². The summed E-state index contributed by atoms with van der Waals surface area (Å²) in [6, 6.07) is 6.11. The number of piperidine rings is 1. The van der Waals surface area contributed by atoms with E-state index in [0.29, 0.717) is 25.9 Å². The fraction of sp³-hybridized carbons (Fsp3) is 0.611. The summed E-state index contributed by atoms with van der Waals surface area (Å²) < 4.78 is 27.0. The van der Waals surface area contributed by atoms with E-state index in [-0.39, 0.29) is 11.8 Å². The number of rotatable bonds is 6. The Morgan fingerprint density at radius 3 is 2.12 bits per heavy atom. The van der Waals surface area contributed by atoms with E-state index in [4.69, 9.17) is 0 Å². The first-order valence-electron chi connectivity index (χ1n) is 8.90. The highest BCUT2D eigenvalue weighted by atomic mass is 32.2. The Hall–Kier alpha value is -1.44. The number of anilines is 1. The molecule has 7 heteroatoms. The van der Waals surface area contributed by atoms with Gasteiger partial charge in [0.25, 0.3) is 10.2 Å². The van der Waals surface area contributed by atoms with E-state index < -0.39 is 10.2 Å². The number of nitrogens with zero attached hydrogens (tertiary/aromatic N) is 2. The van der Waals surface area contributed by atoms with Crippen molar-refractivity contribution >= 4 is 21.8 Å².